The molecule has 0 bridgehead atoms. The van der Waals surface area contributed by atoms with Gasteiger partial charge in [0.2, 0.25) is 0 Å². The smallest absolute Gasteiger partial charge is 0.395 e. The minimum atomic E-state index is -5.56. The van der Waals surface area contributed by atoms with Crippen LogP contribution in [0.1, 0.15) is 0 Å². The number of carbonyl (C=O) groups excluding carboxylic acids is 2. The SMILES string of the molecule is O=C(/C([O-])=C(/O)C(O)C(=O)P(=O)(O)O)P(=O)(O)O. The highest BCUT2D eigenvalue weighted by Gasteiger charge is 2.37. The zero-order valence-corrected chi connectivity index (χ0v) is 9.99. The van der Waals surface area contributed by atoms with Crippen molar-refractivity contribution in [3.8, 4) is 0 Å². The van der Waals surface area contributed by atoms with E-state index in [-0.39, 0.29) is 0 Å². The fraction of sp³-hybridized carbons (Fsp3) is 0.200. The first kappa shape index (κ1) is 16.9. The molecule has 0 rings (SSSR count). The van der Waals surface area contributed by atoms with Gasteiger partial charge in [-0.2, -0.15) is 0 Å². The van der Waals surface area contributed by atoms with Crippen LogP contribution in [0.3, 0.4) is 0 Å². The third-order valence-corrected chi connectivity index (χ3v) is 3.02. The second-order valence-electron chi connectivity index (χ2n) is 2.85. The first-order valence-corrected chi connectivity index (χ1v) is 7.01. The molecule has 11 nitrogen and oxygen atoms in total. The molecule has 104 valence electrons. The van der Waals surface area contributed by atoms with Crippen molar-refractivity contribution in [2.45, 2.75) is 6.10 Å². The highest BCUT2D eigenvalue weighted by molar-refractivity contribution is 7.71. The number of hydrogen-bond donors (Lipinski definition) is 6. The van der Waals surface area contributed by atoms with Crippen LogP contribution in [0.2, 0.25) is 0 Å². The second kappa shape index (κ2) is 5.29. The fourth-order valence-electron chi connectivity index (χ4n) is 0.642. The van der Waals surface area contributed by atoms with Crippen molar-refractivity contribution in [3.63, 3.8) is 0 Å². The monoisotopic (exact) mass is 305 g/mol. The van der Waals surface area contributed by atoms with Crippen LogP contribution in [0.4, 0.5) is 0 Å². The summed E-state index contributed by atoms with van der Waals surface area (Å²) >= 11 is 0. The highest BCUT2D eigenvalue weighted by Crippen LogP contribution is 2.40. The van der Waals surface area contributed by atoms with Gasteiger partial charge in [-0.15, -0.1) is 0 Å². The zero-order valence-electron chi connectivity index (χ0n) is 8.20. The summed E-state index contributed by atoms with van der Waals surface area (Å²) in [4.78, 5) is 54.6. The first-order chi connectivity index (χ1) is 7.80. The van der Waals surface area contributed by atoms with E-state index in [4.69, 9.17) is 29.8 Å². The van der Waals surface area contributed by atoms with E-state index in [0.29, 0.717) is 0 Å². The Balaban J connectivity index is 5.46. The van der Waals surface area contributed by atoms with Crippen molar-refractivity contribution in [1.82, 2.24) is 0 Å². The van der Waals surface area contributed by atoms with E-state index in [2.05, 4.69) is 0 Å². The third kappa shape index (κ3) is 4.00. The maximum absolute atomic E-state index is 10.9. The summed E-state index contributed by atoms with van der Waals surface area (Å²) in [6.45, 7) is 0. The molecule has 0 aromatic heterocycles. The number of allylic oxidation sites excluding steroid dienone is 1. The summed E-state index contributed by atoms with van der Waals surface area (Å²) in [6, 6.07) is 0. The molecule has 0 aliphatic carbocycles. The van der Waals surface area contributed by atoms with E-state index in [0.717, 1.165) is 0 Å². The topological polar surface area (TPSA) is 213 Å². The molecule has 18 heavy (non-hydrogen) atoms. The van der Waals surface area contributed by atoms with Gasteiger partial charge < -0.3 is 34.9 Å². The lowest BCUT2D eigenvalue weighted by Gasteiger charge is -2.17. The van der Waals surface area contributed by atoms with Crippen molar-refractivity contribution < 1.29 is 53.6 Å². The van der Waals surface area contributed by atoms with Gasteiger partial charge in [0.1, 0.15) is 5.76 Å². The van der Waals surface area contributed by atoms with Gasteiger partial charge in [0.05, 0.1) is 0 Å². The van der Waals surface area contributed by atoms with Crippen molar-refractivity contribution in [2.24, 2.45) is 0 Å². The molecule has 6 N–H and O–H groups in total. The standard InChI is InChI=1S/C5H8O11P2/c6-1(2(7)4(9)17(11,12)13)3(8)5(10)18(14,15)16/h2,6-8H,(H2,11,12,13)(H2,14,15,16)/p-1/b3-1-. The third-order valence-electron chi connectivity index (χ3n) is 1.47. The number of carbonyl (C=O) groups is 2. The Kier molecular flexibility index (Phi) is 4.98. The molecule has 0 saturated carbocycles. The van der Waals surface area contributed by atoms with Gasteiger partial charge in [-0.05, 0) is 5.76 Å². The Morgan fingerprint density at radius 1 is 1.00 bits per heavy atom. The molecule has 0 amide bonds. The molecule has 13 heteroatoms. The molecule has 0 aliphatic rings. The molecular formula is C5H7O11P2-. The van der Waals surface area contributed by atoms with Crippen LogP contribution in [0.25, 0.3) is 0 Å². The molecule has 0 aromatic carbocycles. The lowest BCUT2D eigenvalue weighted by atomic mass is 10.3. The lowest BCUT2D eigenvalue weighted by Crippen LogP contribution is -2.29. The predicted octanol–water partition coefficient (Wildman–Crippen LogP) is -3.11. The van der Waals surface area contributed by atoms with E-state index in [1.165, 1.54) is 0 Å². The van der Waals surface area contributed by atoms with Crippen molar-refractivity contribution >= 4 is 26.2 Å². The minimum Gasteiger partial charge on any atom is -0.867 e. The summed E-state index contributed by atoms with van der Waals surface area (Å²) in [7, 11) is -11.1. The van der Waals surface area contributed by atoms with Crippen LogP contribution >= 0.6 is 15.2 Å². The second-order valence-corrected chi connectivity index (χ2v) is 5.87. The normalized spacial score (nSPS) is 15.8. The Labute approximate surface area is 98.3 Å². The lowest BCUT2D eigenvalue weighted by molar-refractivity contribution is -0.302. The summed E-state index contributed by atoms with van der Waals surface area (Å²) in [5.41, 5.74) is -4.73. The molecule has 0 aromatic rings. The number of aliphatic hydroxyl groups excluding tert-OH is 2. The van der Waals surface area contributed by atoms with Crippen LogP contribution in [0, 0.1) is 0 Å². The van der Waals surface area contributed by atoms with Gasteiger partial charge in [-0.3, -0.25) is 18.7 Å². The van der Waals surface area contributed by atoms with Gasteiger partial charge in [0.25, 0.3) is 11.0 Å². The van der Waals surface area contributed by atoms with Crippen LogP contribution in [-0.2, 0) is 18.7 Å². The van der Waals surface area contributed by atoms with Crippen LogP contribution in [0.15, 0.2) is 11.5 Å². The minimum absolute atomic E-state index is 2.09. The Morgan fingerprint density at radius 2 is 1.39 bits per heavy atom. The van der Waals surface area contributed by atoms with E-state index >= 15 is 0 Å². The maximum Gasteiger partial charge on any atom is 0.395 e. The molecule has 1 atom stereocenters. The summed E-state index contributed by atoms with van der Waals surface area (Å²) in [5, 5.41) is 28.6. The molecular weight excluding hydrogens is 298 g/mol. The number of hydrogen-bond acceptors (Lipinski definition) is 7. The summed E-state index contributed by atoms with van der Waals surface area (Å²) < 4.78 is 20.7. The average Bonchev–Trinajstić information content (AvgIpc) is 2.21. The van der Waals surface area contributed by atoms with Crippen molar-refractivity contribution in [1.29, 1.82) is 0 Å². The number of aliphatic hydroxyl groups is 2. The Hall–Kier alpha value is -1.06. The van der Waals surface area contributed by atoms with Gasteiger partial charge in [-0.1, -0.05) is 0 Å². The molecule has 0 fully saturated rings. The Bertz CT molecular complexity index is 492. The molecule has 0 saturated heterocycles. The van der Waals surface area contributed by atoms with E-state index < -0.39 is 43.9 Å². The highest BCUT2D eigenvalue weighted by atomic mass is 31.2. The van der Waals surface area contributed by atoms with Gasteiger partial charge in [0.15, 0.2) is 6.10 Å². The van der Waals surface area contributed by atoms with Gasteiger partial charge >= 0.3 is 15.2 Å². The van der Waals surface area contributed by atoms with Crippen molar-refractivity contribution in [2.75, 3.05) is 0 Å². The van der Waals surface area contributed by atoms with Crippen LogP contribution in [-0.4, -0.2) is 46.9 Å². The first-order valence-electron chi connectivity index (χ1n) is 3.78. The fourth-order valence-corrected chi connectivity index (χ4v) is 1.46. The molecule has 0 aliphatic heterocycles. The van der Waals surface area contributed by atoms with E-state index in [1.807, 2.05) is 0 Å². The Morgan fingerprint density at radius 3 is 1.67 bits per heavy atom. The van der Waals surface area contributed by atoms with E-state index in [1.54, 1.807) is 0 Å². The molecule has 1 unspecified atom stereocenters. The summed E-state index contributed by atoms with van der Waals surface area (Å²) in [6.07, 6.45) is -3.06. The van der Waals surface area contributed by atoms with Crippen LogP contribution < -0.4 is 5.11 Å². The van der Waals surface area contributed by atoms with Crippen LogP contribution in [0.5, 0.6) is 0 Å². The van der Waals surface area contributed by atoms with Gasteiger partial charge in [-0.25, -0.2) is 0 Å². The predicted molar refractivity (Wildman–Crippen MR) is 49.8 cm³/mol. The van der Waals surface area contributed by atoms with Crippen molar-refractivity contribution in [3.05, 3.63) is 11.5 Å². The van der Waals surface area contributed by atoms with Gasteiger partial charge in [0, 0.05) is 0 Å². The maximum atomic E-state index is 10.9. The molecule has 0 heterocycles. The van der Waals surface area contributed by atoms with E-state index in [9.17, 15) is 23.8 Å². The largest absolute Gasteiger partial charge is 0.867 e. The molecule has 0 spiro atoms. The zero-order chi connectivity index (χ0) is 14.9. The number of rotatable bonds is 5. The molecule has 0 radical (unpaired) electrons. The summed E-state index contributed by atoms with van der Waals surface area (Å²) in [5.74, 6) is -4.41. The quantitative estimate of drug-likeness (QED) is 0.170. The average molecular weight is 305 g/mol.